The van der Waals surface area contributed by atoms with E-state index in [9.17, 15) is 4.39 Å². The van der Waals surface area contributed by atoms with E-state index >= 15 is 0 Å². The van der Waals surface area contributed by atoms with E-state index in [1.807, 2.05) is 6.92 Å². The van der Waals surface area contributed by atoms with Crippen molar-refractivity contribution in [1.82, 2.24) is 0 Å². The van der Waals surface area contributed by atoms with Gasteiger partial charge in [0.1, 0.15) is 4.99 Å². The van der Waals surface area contributed by atoms with Gasteiger partial charge in [0.15, 0.2) is 5.82 Å². The molecule has 0 aliphatic carbocycles. The molecule has 3 N–H and O–H groups in total. The first kappa shape index (κ1) is 16.4. The fourth-order valence-corrected chi connectivity index (χ4v) is 3.94. The Balaban J connectivity index is 2.12. The highest BCUT2D eigenvalue weighted by atomic mass is 79.9. The van der Waals surface area contributed by atoms with Gasteiger partial charge in [-0.15, -0.1) is 11.3 Å². The van der Waals surface area contributed by atoms with Crippen LogP contribution in [0.1, 0.15) is 22.2 Å². The summed E-state index contributed by atoms with van der Waals surface area (Å²) in [5, 5.41) is 3.19. The topological polar surface area (TPSA) is 38.0 Å². The molecule has 0 bridgehead atoms. The average molecular weight is 387 g/mol. The summed E-state index contributed by atoms with van der Waals surface area (Å²) < 4.78 is 14.6. The van der Waals surface area contributed by atoms with Crippen LogP contribution in [0.4, 0.5) is 10.1 Å². The molecule has 6 heteroatoms. The van der Waals surface area contributed by atoms with Crippen molar-refractivity contribution in [3.05, 3.63) is 49.9 Å². The maximum Gasteiger partial charge on any atom is 0.161 e. The molecule has 112 valence electrons. The number of hydrogen-bond donors (Lipinski definition) is 2. The van der Waals surface area contributed by atoms with E-state index in [0.717, 1.165) is 6.42 Å². The van der Waals surface area contributed by atoms with Gasteiger partial charge in [0.25, 0.3) is 0 Å². The second kappa shape index (κ2) is 6.85. The van der Waals surface area contributed by atoms with Crippen LogP contribution < -0.4 is 11.1 Å². The summed E-state index contributed by atoms with van der Waals surface area (Å²) in [6, 6.07) is 7.73. The van der Waals surface area contributed by atoms with E-state index in [1.165, 1.54) is 9.75 Å². The number of aryl methyl sites for hydroxylation is 1. The zero-order valence-electron chi connectivity index (χ0n) is 11.7. The number of rotatable bonds is 5. The highest BCUT2D eigenvalue weighted by Crippen LogP contribution is 2.28. The van der Waals surface area contributed by atoms with E-state index in [0.29, 0.717) is 15.7 Å². The summed E-state index contributed by atoms with van der Waals surface area (Å²) in [4.78, 5) is 2.74. The molecule has 2 aromatic rings. The quantitative estimate of drug-likeness (QED) is 0.735. The van der Waals surface area contributed by atoms with Gasteiger partial charge in [-0.25, -0.2) is 4.39 Å². The van der Waals surface area contributed by atoms with Gasteiger partial charge < -0.3 is 11.1 Å². The Morgan fingerprint density at radius 1 is 1.43 bits per heavy atom. The summed E-state index contributed by atoms with van der Waals surface area (Å²) in [5.41, 5.74) is 6.51. The van der Waals surface area contributed by atoms with Gasteiger partial charge in [0.05, 0.1) is 10.2 Å². The van der Waals surface area contributed by atoms with Gasteiger partial charge in [-0.2, -0.15) is 0 Å². The molecular weight excluding hydrogens is 371 g/mol. The lowest BCUT2D eigenvalue weighted by atomic mass is 10.1. The molecule has 2 rings (SSSR count). The SMILES string of the molecule is Cc1ccc(CC(C)Nc2ccc(C(N)=S)c(Br)c2F)s1. The monoisotopic (exact) mass is 386 g/mol. The van der Waals surface area contributed by atoms with Crippen LogP contribution in [0.2, 0.25) is 0 Å². The fraction of sp³-hybridized carbons (Fsp3) is 0.267. The van der Waals surface area contributed by atoms with Crippen molar-refractivity contribution < 1.29 is 4.39 Å². The first-order valence-electron chi connectivity index (χ1n) is 6.48. The molecule has 2 nitrogen and oxygen atoms in total. The van der Waals surface area contributed by atoms with Crippen molar-refractivity contribution in [2.45, 2.75) is 26.3 Å². The Bertz CT molecular complexity index is 670. The molecule has 1 aromatic carbocycles. The van der Waals surface area contributed by atoms with Crippen LogP contribution in [0.15, 0.2) is 28.7 Å². The molecule has 0 amide bonds. The van der Waals surface area contributed by atoms with Gasteiger partial charge >= 0.3 is 0 Å². The molecule has 21 heavy (non-hydrogen) atoms. The Labute approximate surface area is 141 Å². The van der Waals surface area contributed by atoms with E-state index in [-0.39, 0.29) is 16.8 Å². The van der Waals surface area contributed by atoms with Crippen LogP contribution in [-0.2, 0) is 6.42 Å². The molecule has 0 fully saturated rings. The summed E-state index contributed by atoms with van der Waals surface area (Å²) in [5.74, 6) is -0.366. The minimum Gasteiger partial charge on any atom is -0.389 e. The fourth-order valence-electron chi connectivity index (χ4n) is 2.06. The average Bonchev–Trinajstić information content (AvgIpc) is 2.80. The van der Waals surface area contributed by atoms with Gasteiger partial charge in [0.2, 0.25) is 0 Å². The molecule has 1 heterocycles. The Morgan fingerprint density at radius 2 is 2.14 bits per heavy atom. The largest absolute Gasteiger partial charge is 0.389 e. The predicted octanol–water partition coefficient (Wildman–Crippen LogP) is 4.64. The number of thiocarbonyl (C=S) groups is 1. The van der Waals surface area contributed by atoms with Crippen molar-refractivity contribution >= 4 is 50.2 Å². The summed E-state index contributed by atoms with van der Waals surface area (Å²) in [7, 11) is 0. The Kier molecular flexibility index (Phi) is 5.35. The Morgan fingerprint density at radius 3 is 2.71 bits per heavy atom. The normalized spacial score (nSPS) is 12.2. The third-order valence-corrected chi connectivity index (χ3v) is 5.07. The lowest BCUT2D eigenvalue weighted by Gasteiger charge is -2.16. The number of anilines is 1. The van der Waals surface area contributed by atoms with Crippen LogP contribution in [0.25, 0.3) is 0 Å². The lowest BCUT2D eigenvalue weighted by molar-refractivity contribution is 0.619. The number of benzene rings is 1. The number of nitrogens with two attached hydrogens (primary N) is 1. The molecule has 0 saturated carbocycles. The number of nitrogens with one attached hydrogen (secondary N) is 1. The molecule has 0 aliphatic heterocycles. The predicted molar refractivity (Wildman–Crippen MR) is 95.8 cm³/mol. The van der Waals surface area contributed by atoms with E-state index in [4.69, 9.17) is 18.0 Å². The zero-order chi connectivity index (χ0) is 15.6. The maximum absolute atomic E-state index is 14.3. The van der Waals surface area contributed by atoms with Gasteiger partial charge in [0, 0.05) is 27.8 Å². The third kappa shape index (κ3) is 4.02. The van der Waals surface area contributed by atoms with E-state index in [1.54, 1.807) is 23.5 Å². The molecule has 0 aliphatic rings. The molecule has 0 radical (unpaired) electrons. The minimum absolute atomic E-state index is 0.125. The van der Waals surface area contributed by atoms with Crippen molar-refractivity contribution in [2.24, 2.45) is 5.73 Å². The highest BCUT2D eigenvalue weighted by molar-refractivity contribution is 9.10. The van der Waals surface area contributed by atoms with E-state index in [2.05, 4.69) is 40.3 Å². The molecule has 1 aromatic heterocycles. The molecule has 1 unspecified atom stereocenters. The summed E-state index contributed by atoms with van der Waals surface area (Å²) in [6.07, 6.45) is 0.854. The number of halogens is 2. The van der Waals surface area contributed by atoms with Crippen LogP contribution in [0.5, 0.6) is 0 Å². The molecule has 1 atom stereocenters. The van der Waals surface area contributed by atoms with Crippen LogP contribution in [0, 0.1) is 12.7 Å². The molecule has 0 spiro atoms. The maximum atomic E-state index is 14.3. The van der Waals surface area contributed by atoms with Crippen molar-refractivity contribution in [1.29, 1.82) is 0 Å². The highest BCUT2D eigenvalue weighted by Gasteiger charge is 2.14. The zero-order valence-corrected chi connectivity index (χ0v) is 15.0. The van der Waals surface area contributed by atoms with Gasteiger partial charge in [-0.3, -0.25) is 0 Å². The van der Waals surface area contributed by atoms with Crippen LogP contribution in [-0.4, -0.2) is 11.0 Å². The standard InChI is InChI=1S/C15H16BrFN2S2/c1-8(7-10-4-3-9(2)21-10)19-12-6-5-11(15(18)20)13(16)14(12)17/h3-6,8,19H,7H2,1-2H3,(H2,18,20). The first-order chi connectivity index (χ1) is 9.88. The first-order valence-corrected chi connectivity index (χ1v) is 8.50. The van der Waals surface area contributed by atoms with Gasteiger partial charge in [-0.1, -0.05) is 12.2 Å². The molecule has 0 saturated heterocycles. The number of thiophene rings is 1. The lowest BCUT2D eigenvalue weighted by Crippen LogP contribution is -2.19. The van der Waals surface area contributed by atoms with Crippen LogP contribution >= 0.6 is 39.5 Å². The summed E-state index contributed by atoms with van der Waals surface area (Å²) in [6.45, 7) is 4.11. The van der Waals surface area contributed by atoms with Crippen molar-refractivity contribution in [3.63, 3.8) is 0 Å². The minimum atomic E-state index is -0.366. The number of hydrogen-bond acceptors (Lipinski definition) is 3. The second-order valence-electron chi connectivity index (χ2n) is 4.91. The summed E-state index contributed by atoms with van der Waals surface area (Å²) >= 11 is 9.87. The Hall–Kier alpha value is -0.980. The van der Waals surface area contributed by atoms with E-state index < -0.39 is 0 Å². The third-order valence-electron chi connectivity index (χ3n) is 3.05. The van der Waals surface area contributed by atoms with Crippen molar-refractivity contribution in [3.8, 4) is 0 Å². The van der Waals surface area contributed by atoms with Crippen molar-refractivity contribution in [2.75, 3.05) is 5.32 Å². The molecular formula is C15H16BrFN2S2. The smallest absolute Gasteiger partial charge is 0.161 e. The second-order valence-corrected chi connectivity index (χ2v) is 7.52. The van der Waals surface area contributed by atoms with Gasteiger partial charge in [-0.05, 0) is 54.0 Å². The van der Waals surface area contributed by atoms with Crippen LogP contribution in [0.3, 0.4) is 0 Å².